The van der Waals surface area contributed by atoms with Crippen molar-refractivity contribution in [3.8, 4) is 0 Å². The molecule has 0 aromatic carbocycles. The van der Waals surface area contributed by atoms with Crippen molar-refractivity contribution in [1.82, 2.24) is 0 Å². The molecule has 0 spiro atoms. The molecule has 1 N–H and O–H groups in total. The molecule has 3 nitrogen and oxygen atoms in total. The van der Waals surface area contributed by atoms with Gasteiger partial charge in [-0.25, -0.2) is 0 Å². The average Bonchev–Trinajstić information content (AvgIpc) is 2.71. The summed E-state index contributed by atoms with van der Waals surface area (Å²) in [4.78, 5) is 25.6. The van der Waals surface area contributed by atoms with Crippen LogP contribution in [0, 0.1) is 56.2 Å². The molecule has 0 unspecified atom stereocenters. The molecular weight excluding hydrogens is 408 g/mol. The summed E-state index contributed by atoms with van der Waals surface area (Å²) in [5.74, 6) is 1.51. The Kier molecular flexibility index (Phi) is 4.83. The van der Waals surface area contributed by atoms with Gasteiger partial charge in [-0.05, 0) is 109 Å². The van der Waals surface area contributed by atoms with E-state index in [1.54, 1.807) is 0 Å². The van der Waals surface area contributed by atoms with Gasteiger partial charge in [-0.15, -0.1) is 0 Å². The minimum absolute atomic E-state index is 0.0472. The van der Waals surface area contributed by atoms with E-state index in [4.69, 9.17) is 0 Å². The zero-order valence-corrected chi connectivity index (χ0v) is 22.1. The van der Waals surface area contributed by atoms with Gasteiger partial charge >= 0.3 is 5.97 Å². The molecule has 0 heterocycles. The molecule has 0 radical (unpaired) electrons. The van der Waals surface area contributed by atoms with Crippen molar-refractivity contribution in [3.05, 3.63) is 12.2 Å². The van der Waals surface area contributed by atoms with E-state index in [1.807, 2.05) is 6.08 Å². The predicted octanol–water partition coefficient (Wildman–Crippen LogP) is 7.30. The van der Waals surface area contributed by atoms with Gasteiger partial charge in [0, 0.05) is 5.41 Å². The predicted molar refractivity (Wildman–Crippen MR) is 132 cm³/mol. The lowest BCUT2D eigenvalue weighted by molar-refractivity contribution is -0.232. The Balaban J connectivity index is 1.57. The van der Waals surface area contributed by atoms with E-state index in [1.165, 1.54) is 12.8 Å². The van der Waals surface area contributed by atoms with E-state index in [9.17, 15) is 14.7 Å². The molecule has 0 amide bonds. The van der Waals surface area contributed by atoms with E-state index < -0.39 is 11.4 Å². The molecular formula is C30H46O3. The first-order chi connectivity index (χ1) is 15.1. The van der Waals surface area contributed by atoms with Crippen molar-refractivity contribution < 1.29 is 14.7 Å². The Hall–Kier alpha value is -1.12. The molecule has 184 valence electrons. The van der Waals surface area contributed by atoms with Crippen LogP contribution in [0.15, 0.2) is 12.2 Å². The summed E-state index contributed by atoms with van der Waals surface area (Å²) in [7, 11) is 0. The highest BCUT2D eigenvalue weighted by molar-refractivity contribution is 5.95. The van der Waals surface area contributed by atoms with Crippen molar-refractivity contribution >= 4 is 11.8 Å². The number of hydrogen-bond acceptors (Lipinski definition) is 2. The van der Waals surface area contributed by atoms with Gasteiger partial charge in [0.2, 0.25) is 0 Å². The van der Waals surface area contributed by atoms with Crippen LogP contribution in [-0.4, -0.2) is 16.9 Å². The Morgan fingerprint density at radius 2 is 1.48 bits per heavy atom. The number of carbonyl (C=O) groups excluding carboxylic acids is 1. The minimum atomic E-state index is -0.525. The Morgan fingerprint density at radius 3 is 2.15 bits per heavy atom. The molecule has 4 saturated carbocycles. The smallest absolute Gasteiger partial charge is 0.309 e. The number of carbonyl (C=O) groups is 2. The SMILES string of the molecule is CC1(C)CC[C@]2(C(=O)O)CC[C@]3(C)[C@H](CC[C@@H]4[C@@]5(C)C=CC(=O)C(C)(C)[C@@H]5CC[C@]43C)[C@@H]2C1. The highest BCUT2D eigenvalue weighted by Gasteiger charge is 2.70. The molecule has 33 heavy (non-hydrogen) atoms. The topological polar surface area (TPSA) is 54.4 Å². The lowest BCUT2D eigenvalue weighted by Gasteiger charge is -2.72. The first kappa shape index (κ1) is 23.6. The summed E-state index contributed by atoms with van der Waals surface area (Å²) < 4.78 is 0. The normalized spacial score (nSPS) is 52.2. The number of carboxylic acids is 1. The summed E-state index contributed by atoms with van der Waals surface area (Å²) in [6.07, 6.45) is 13.6. The van der Waals surface area contributed by atoms with Crippen molar-refractivity contribution in [3.63, 3.8) is 0 Å². The maximum atomic E-state index is 12.8. The zero-order chi connectivity index (χ0) is 24.2. The molecule has 0 aromatic rings. The van der Waals surface area contributed by atoms with E-state index in [2.05, 4.69) is 54.5 Å². The van der Waals surface area contributed by atoms with E-state index in [0.717, 1.165) is 44.9 Å². The molecule has 0 aromatic heterocycles. The van der Waals surface area contributed by atoms with Crippen molar-refractivity contribution in [2.75, 3.05) is 0 Å². The number of aliphatic carboxylic acids is 1. The van der Waals surface area contributed by atoms with Gasteiger partial charge in [-0.2, -0.15) is 0 Å². The van der Waals surface area contributed by atoms with Gasteiger partial charge in [0.1, 0.15) is 0 Å². The fourth-order valence-corrected chi connectivity index (χ4v) is 10.7. The lowest BCUT2D eigenvalue weighted by Crippen LogP contribution is -2.66. The first-order valence-electron chi connectivity index (χ1n) is 13.6. The maximum Gasteiger partial charge on any atom is 0.309 e. The third kappa shape index (κ3) is 2.80. The van der Waals surface area contributed by atoms with Gasteiger partial charge in [-0.1, -0.05) is 54.5 Å². The van der Waals surface area contributed by atoms with Crippen molar-refractivity contribution in [1.29, 1.82) is 0 Å². The third-order valence-electron chi connectivity index (χ3n) is 12.9. The summed E-state index contributed by atoms with van der Waals surface area (Å²) >= 11 is 0. The van der Waals surface area contributed by atoms with Gasteiger partial charge in [0.15, 0.2) is 5.78 Å². The molecule has 5 rings (SSSR count). The molecule has 0 saturated heterocycles. The van der Waals surface area contributed by atoms with E-state index in [-0.39, 0.29) is 27.1 Å². The summed E-state index contributed by atoms with van der Waals surface area (Å²) in [6.45, 7) is 16.6. The first-order valence-corrected chi connectivity index (χ1v) is 13.6. The van der Waals surface area contributed by atoms with Gasteiger partial charge in [-0.3, -0.25) is 9.59 Å². The number of carboxylic acid groups (broad SMARTS) is 1. The number of rotatable bonds is 1. The Bertz CT molecular complexity index is 914. The quantitative estimate of drug-likeness (QED) is 0.452. The molecule has 4 fully saturated rings. The van der Waals surface area contributed by atoms with Crippen molar-refractivity contribution in [2.45, 2.75) is 106 Å². The second kappa shape index (κ2) is 6.76. The van der Waals surface area contributed by atoms with Crippen LogP contribution in [0.25, 0.3) is 0 Å². The molecule has 5 aliphatic rings. The van der Waals surface area contributed by atoms with Crippen LogP contribution in [-0.2, 0) is 9.59 Å². The molecule has 3 heteroatoms. The molecule has 0 aliphatic heterocycles. The van der Waals surface area contributed by atoms with Crippen LogP contribution in [0.3, 0.4) is 0 Å². The summed E-state index contributed by atoms with van der Waals surface area (Å²) in [5.41, 5.74) is -0.163. The van der Waals surface area contributed by atoms with Gasteiger partial charge in [0.05, 0.1) is 5.41 Å². The van der Waals surface area contributed by atoms with Gasteiger partial charge in [0.25, 0.3) is 0 Å². The lowest BCUT2D eigenvalue weighted by atomic mass is 9.32. The van der Waals surface area contributed by atoms with Crippen LogP contribution < -0.4 is 0 Å². The average molecular weight is 455 g/mol. The largest absolute Gasteiger partial charge is 0.481 e. The van der Waals surface area contributed by atoms with Crippen molar-refractivity contribution in [2.24, 2.45) is 56.2 Å². The second-order valence-corrected chi connectivity index (χ2v) is 14.9. The fourth-order valence-electron chi connectivity index (χ4n) is 10.7. The van der Waals surface area contributed by atoms with Gasteiger partial charge < -0.3 is 5.11 Å². The van der Waals surface area contributed by atoms with Crippen LogP contribution >= 0.6 is 0 Å². The fraction of sp³-hybridized carbons (Fsp3) is 0.867. The molecule has 5 aliphatic carbocycles. The highest BCUT2D eigenvalue weighted by atomic mass is 16.4. The maximum absolute atomic E-state index is 12.8. The minimum Gasteiger partial charge on any atom is -0.481 e. The zero-order valence-electron chi connectivity index (χ0n) is 22.1. The van der Waals surface area contributed by atoms with Crippen LogP contribution in [0.4, 0.5) is 0 Å². The van der Waals surface area contributed by atoms with E-state index >= 15 is 0 Å². The molecule has 0 bridgehead atoms. The van der Waals surface area contributed by atoms with Crippen LogP contribution in [0.2, 0.25) is 0 Å². The Morgan fingerprint density at radius 1 is 0.818 bits per heavy atom. The monoisotopic (exact) mass is 454 g/mol. The standard InChI is InChI=1S/C30H46O3/c1-25(2)14-16-30(24(32)33)17-15-28(6)19(20(30)18-25)8-9-22-27(5)12-11-23(31)26(3,4)21(27)10-13-29(22,28)7/h11-12,19-22H,8-10,13-18H2,1-7H3,(H,32,33)/t19-,20+,21+,22-,27+,28-,29-,30+/m1/s1. The number of hydrogen-bond donors (Lipinski definition) is 1. The Labute approximate surface area is 201 Å². The highest BCUT2D eigenvalue weighted by Crippen LogP contribution is 2.76. The second-order valence-electron chi connectivity index (χ2n) is 14.9. The summed E-state index contributed by atoms with van der Waals surface area (Å²) in [6, 6.07) is 0. The number of ketones is 1. The third-order valence-corrected chi connectivity index (χ3v) is 12.9. The van der Waals surface area contributed by atoms with Crippen LogP contribution in [0.5, 0.6) is 0 Å². The number of allylic oxidation sites excluding steroid dienone is 2. The summed E-state index contributed by atoms with van der Waals surface area (Å²) in [5, 5.41) is 10.5. The van der Waals surface area contributed by atoms with E-state index in [0.29, 0.717) is 29.5 Å². The number of fused-ring (bicyclic) bond motifs is 7. The molecule has 8 atom stereocenters. The van der Waals surface area contributed by atoms with Crippen LogP contribution in [0.1, 0.15) is 106 Å².